The van der Waals surface area contributed by atoms with Crippen LogP contribution in [0.5, 0.6) is 11.5 Å². The van der Waals surface area contributed by atoms with Gasteiger partial charge in [0.05, 0.1) is 18.8 Å². The van der Waals surface area contributed by atoms with Gasteiger partial charge in [0, 0.05) is 29.1 Å². The summed E-state index contributed by atoms with van der Waals surface area (Å²) < 4.78 is 12.7. The number of halogens is 1. The van der Waals surface area contributed by atoms with Crippen molar-refractivity contribution in [1.29, 1.82) is 0 Å². The minimum Gasteiger partial charge on any atom is -0.493 e. The van der Waals surface area contributed by atoms with Crippen molar-refractivity contribution in [3.63, 3.8) is 0 Å². The van der Waals surface area contributed by atoms with E-state index in [4.69, 9.17) is 9.47 Å². The first-order chi connectivity index (χ1) is 16.7. The first-order valence-electron chi connectivity index (χ1n) is 11.2. The summed E-state index contributed by atoms with van der Waals surface area (Å²) in [5, 5.41) is 2.96. The molecule has 0 spiro atoms. The van der Waals surface area contributed by atoms with Crippen LogP contribution in [-0.2, 0) is 12.8 Å². The fourth-order valence-corrected chi connectivity index (χ4v) is 3.88. The molecule has 0 aliphatic carbocycles. The molecule has 0 atom stereocenters. The number of carbonyl (C=O) groups is 1. The Morgan fingerprint density at radius 1 is 0.706 bits per heavy atom. The molecule has 4 aromatic carbocycles. The van der Waals surface area contributed by atoms with Crippen molar-refractivity contribution in [2.75, 3.05) is 18.5 Å². The van der Waals surface area contributed by atoms with Crippen molar-refractivity contribution >= 4 is 27.5 Å². The number of hydrogen-bond acceptors (Lipinski definition) is 3. The molecule has 0 saturated heterocycles. The van der Waals surface area contributed by atoms with Gasteiger partial charge in [-0.25, -0.2) is 0 Å². The normalized spacial score (nSPS) is 10.5. The molecule has 4 aromatic rings. The Kier molecular flexibility index (Phi) is 8.36. The highest BCUT2D eigenvalue weighted by Crippen LogP contribution is 2.26. The van der Waals surface area contributed by atoms with Gasteiger partial charge < -0.3 is 14.8 Å². The van der Waals surface area contributed by atoms with Gasteiger partial charge in [-0.05, 0) is 41.5 Å². The molecular formula is C29H26BrNO3. The Bertz CT molecular complexity index is 1210. The Hall–Kier alpha value is -3.57. The van der Waals surface area contributed by atoms with E-state index < -0.39 is 0 Å². The van der Waals surface area contributed by atoms with Crippen LogP contribution in [-0.4, -0.2) is 19.1 Å². The fourth-order valence-electron chi connectivity index (χ4n) is 3.52. The van der Waals surface area contributed by atoms with E-state index in [1.54, 1.807) is 6.07 Å². The van der Waals surface area contributed by atoms with E-state index in [0.717, 1.165) is 17.3 Å². The molecule has 4 rings (SSSR count). The molecule has 5 heteroatoms. The summed E-state index contributed by atoms with van der Waals surface area (Å²) in [7, 11) is 0. The summed E-state index contributed by atoms with van der Waals surface area (Å²) >= 11 is 3.46. The standard InChI is InChI=1S/C29H26BrNO3/c30-24-14-15-28(34-19-17-23-10-5-2-6-11-23)27(20-24)29(32)31-25-12-7-13-26(21-25)33-18-16-22-8-3-1-4-9-22/h1-15,20-21H,16-19H2,(H,31,32). The van der Waals surface area contributed by atoms with Gasteiger partial charge in [0.25, 0.3) is 5.91 Å². The van der Waals surface area contributed by atoms with Gasteiger partial charge >= 0.3 is 0 Å². The molecule has 0 heterocycles. The zero-order valence-corrected chi connectivity index (χ0v) is 20.3. The lowest BCUT2D eigenvalue weighted by Gasteiger charge is -2.13. The Labute approximate surface area is 208 Å². The number of hydrogen-bond donors (Lipinski definition) is 1. The lowest BCUT2D eigenvalue weighted by Crippen LogP contribution is -2.14. The number of benzene rings is 4. The van der Waals surface area contributed by atoms with Crippen LogP contribution in [0.2, 0.25) is 0 Å². The highest BCUT2D eigenvalue weighted by molar-refractivity contribution is 9.10. The number of rotatable bonds is 10. The molecule has 0 saturated carbocycles. The van der Waals surface area contributed by atoms with Gasteiger partial charge in [-0.2, -0.15) is 0 Å². The fraction of sp³-hybridized carbons (Fsp3) is 0.138. The molecule has 0 bridgehead atoms. The number of nitrogens with one attached hydrogen (secondary N) is 1. The smallest absolute Gasteiger partial charge is 0.259 e. The van der Waals surface area contributed by atoms with Crippen molar-refractivity contribution < 1.29 is 14.3 Å². The van der Waals surface area contributed by atoms with Gasteiger partial charge in [0.15, 0.2) is 0 Å². The number of amides is 1. The maximum atomic E-state index is 13.1. The van der Waals surface area contributed by atoms with Crippen molar-refractivity contribution in [3.05, 3.63) is 124 Å². The van der Waals surface area contributed by atoms with E-state index in [-0.39, 0.29) is 5.91 Å². The van der Waals surface area contributed by atoms with Crippen molar-refractivity contribution in [2.45, 2.75) is 12.8 Å². The Morgan fingerprint density at radius 2 is 1.35 bits per heavy atom. The van der Waals surface area contributed by atoms with Crippen LogP contribution >= 0.6 is 15.9 Å². The monoisotopic (exact) mass is 515 g/mol. The number of ether oxygens (including phenoxy) is 2. The molecule has 172 valence electrons. The summed E-state index contributed by atoms with van der Waals surface area (Å²) in [5.41, 5.74) is 3.55. The second-order valence-corrected chi connectivity index (χ2v) is 8.71. The summed E-state index contributed by atoms with van der Waals surface area (Å²) in [6.45, 7) is 1.04. The molecule has 0 aliphatic rings. The summed E-state index contributed by atoms with van der Waals surface area (Å²) in [6, 6.07) is 33.2. The van der Waals surface area contributed by atoms with E-state index in [2.05, 4.69) is 45.5 Å². The van der Waals surface area contributed by atoms with Crippen LogP contribution in [0, 0.1) is 0 Å². The van der Waals surface area contributed by atoms with Gasteiger partial charge in [-0.15, -0.1) is 0 Å². The molecule has 0 radical (unpaired) electrons. The van der Waals surface area contributed by atoms with Crippen molar-refractivity contribution in [1.82, 2.24) is 0 Å². The summed E-state index contributed by atoms with van der Waals surface area (Å²) in [4.78, 5) is 13.1. The molecule has 0 aliphatic heterocycles. The van der Waals surface area contributed by atoms with Crippen molar-refractivity contribution in [3.8, 4) is 11.5 Å². The zero-order chi connectivity index (χ0) is 23.6. The summed E-state index contributed by atoms with van der Waals surface area (Å²) in [5.74, 6) is 1.02. The molecule has 0 unspecified atom stereocenters. The van der Waals surface area contributed by atoms with E-state index >= 15 is 0 Å². The summed E-state index contributed by atoms with van der Waals surface area (Å²) in [6.07, 6.45) is 1.58. The van der Waals surface area contributed by atoms with Crippen LogP contribution in [0.3, 0.4) is 0 Å². The third-order valence-electron chi connectivity index (χ3n) is 5.27. The molecule has 1 N–H and O–H groups in total. The number of carbonyl (C=O) groups excluding carboxylic acids is 1. The van der Waals surface area contributed by atoms with Crippen molar-refractivity contribution in [2.24, 2.45) is 0 Å². The molecule has 34 heavy (non-hydrogen) atoms. The van der Waals surface area contributed by atoms with E-state index in [0.29, 0.717) is 36.0 Å². The molecule has 1 amide bonds. The predicted octanol–water partition coefficient (Wildman–Crippen LogP) is 6.94. The molecule has 0 aromatic heterocycles. The number of anilines is 1. The Balaban J connectivity index is 1.37. The van der Waals surface area contributed by atoms with Crippen LogP contribution < -0.4 is 14.8 Å². The lowest BCUT2D eigenvalue weighted by atomic mass is 10.1. The average Bonchev–Trinajstić information content (AvgIpc) is 2.86. The van der Waals surface area contributed by atoms with Crippen LogP contribution in [0.4, 0.5) is 5.69 Å². The van der Waals surface area contributed by atoms with Gasteiger partial charge in [0.1, 0.15) is 11.5 Å². The van der Waals surface area contributed by atoms with Crippen LogP contribution in [0.25, 0.3) is 0 Å². The van der Waals surface area contributed by atoms with Gasteiger partial charge in [-0.3, -0.25) is 4.79 Å². The quantitative estimate of drug-likeness (QED) is 0.248. The highest BCUT2D eigenvalue weighted by atomic mass is 79.9. The zero-order valence-electron chi connectivity index (χ0n) is 18.7. The minimum absolute atomic E-state index is 0.238. The lowest BCUT2D eigenvalue weighted by molar-refractivity contribution is 0.102. The van der Waals surface area contributed by atoms with Crippen LogP contribution in [0.15, 0.2) is 108 Å². The van der Waals surface area contributed by atoms with Crippen LogP contribution in [0.1, 0.15) is 21.5 Å². The van der Waals surface area contributed by atoms with Gasteiger partial charge in [-0.1, -0.05) is 82.7 Å². The predicted molar refractivity (Wildman–Crippen MR) is 140 cm³/mol. The average molecular weight is 516 g/mol. The molecular weight excluding hydrogens is 490 g/mol. The van der Waals surface area contributed by atoms with E-state index in [1.165, 1.54) is 11.1 Å². The third-order valence-corrected chi connectivity index (χ3v) is 5.76. The maximum Gasteiger partial charge on any atom is 0.259 e. The largest absolute Gasteiger partial charge is 0.493 e. The minimum atomic E-state index is -0.238. The highest BCUT2D eigenvalue weighted by Gasteiger charge is 2.14. The Morgan fingerprint density at radius 3 is 2.03 bits per heavy atom. The maximum absolute atomic E-state index is 13.1. The first-order valence-corrected chi connectivity index (χ1v) is 12.0. The SMILES string of the molecule is O=C(Nc1cccc(OCCc2ccccc2)c1)c1cc(Br)ccc1OCCc1ccccc1. The second kappa shape index (κ2) is 12.1. The first kappa shape index (κ1) is 23.6. The topological polar surface area (TPSA) is 47.6 Å². The third kappa shape index (κ3) is 6.96. The van der Waals surface area contributed by atoms with E-state index in [1.807, 2.05) is 72.8 Å². The molecule has 4 nitrogen and oxygen atoms in total. The van der Waals surface area contributed by atoms with E-state index in [9.17, 15) is 4.79 Å². The van der Waals surface area contributed by atoms with Gasteiger partial charge in [0.2, 0.25) is 0 Å². The molecule has 0 fully saturated rings. The second-order valence-electron chi connectivity index (χ2n) is 7.79.